The van der Waals surface area contributed by atoms with E-state index in [2.05, 4.69) is 9.97 Å². The summed E-state index contributed by atoms with van der Waals surface area (Å²) in [5.74, 6) is -2.17. The highest BCUT2D eigenvalue weighted by Gasteiger charge is 2.26. The van der Waals surface area contributed by atoms with Crippen molar-refractivity contribution >= 4 is 43.2 Å². The fraction of sp³-hybridized carbons (Fsp3) is 0.294. The molecule has 0 atom stereocenters. The molecule has 0 aliphatic heterocycles. The molecule has 0 aliphatic carbocycles. The van der Waals surface area contributed by atoms with Gasteiger partial charge in [-0.1, -0.05) is 12.1 Å². The van der Waals surface area contributed by atoms with Crippen LogP contribution in [0.2, 0.25) is 0 Å². The molecule has 0 aliphatic rings. The molecule has 0 amide bonds. The summed E-state index contributed by atoms with van der Waals surface area (Å²) in [6, 6.07) is 5.55. The first-order valence-electron chi connectivity index (χ1n) is 7.68. The van der Waals surface area contributed by atoms with Gasteiger partial charge in [0.15, 0.2) is 0 Å². The van der Waals surface area contributed by atoms with Crippen molar-refractivity contribution in [1.82, 2.24) is 9.97 Å². The summed E-state index contributed by atoms with van der Waals surface area (Å²) in [7, 11) is -4.56. The van der Waals surface area contributed by atoms with Crippen LogP contribution < -0.4 is 0 Å². The molecule has 2 heterocycles. The van der Waals surface area contributed by atoms with Crippen LogP contribution in [-0.4, -0.2) is 24.1 Å². The van der Waals surface area contributed by atoms with E-state index in [0.29, 0.717) is 11.6 Å². The first-order chi connectivity index (χ1) is 12.2. The van der Waals surface area contributed by atoms with E-state index in [1.807, 2.05) is 20.8 Å². The van der Waals surface area contributed by atoms with Crippen LogP contribution in [0.3, 0.4) is 0 Å². The van der Waals surface area contributed by atoms with Gasteiger partial charge >= 0.3 is 5.76 Å². The Morgan fingerprint density at radius 1 is 1.12 bits per heavy atom. The number of fused-ring (bicyclic) bond motifs is 1. The molecule has 26 heavy (non-hydrogen) atoms. The van der Waals surface area contributed by atoms with Crippen molar-refractivity contribution in [2.45, 2.75) is 42.2 Å². The van der Waals surface area contributed by atoms with Crippen LogP contribution >= 0.6 is 23.1 Å². The lowest BCUT2D eigenvalue weighted by Gasteiger charge is -2.07. The third kappa shape index (κ3) is 3.60. The van der Waals surface area contributed by atoms with Crippen molar-refractivity contribution < 1.29 is 17.2 Å². The zero-order valence-corrected chi connectivity index (χ0v) is 16.7. The van der Waals surface area contributed by atoms with Gasteiger partial charge in [0.05, 0.1) is 4.90 Å². The SMILES string of the molecule is Cc1nc(SCc2ccc(S(=O)(=O)C(F)F)cc2)c2c(C)c(C)sc2n1. The summed E-state index contributed by atoms with van der Waals surface area (Å²) in [5.41, 5.74) is 1.99. The predicted octanol–water partition coefficient (Wildman–Crippen LogP) is 4.91. The van der Waals surface area contributed by atoms with Crippen LogP contribution in [0.1, 0.15) is 21.8 Å². The minimum atomic E-state index is -4.56. The van der Waals surface area contributed by atoms with Crippen LogP contribution in [0.4, 0.5) is 8.78 Å². The minimum absolute atomic E-state index is 0.370. The second-order valence-corrected chi connectivity index (χ2v) is 9.86. The number of rotatable bonds is 5. The third-order valence-corrected chi connectivity index (χ3v) is 7.52. The van der Waals surface area contributed by atoms with Gasteiger partial charge in [-0.15, -0.1) is 23.1 Å². The molecule has 4 nitrogen and oxygen atoms in total. The normalized spacial score (nSPS) is 12.2. The molecule has 0 bridgehead atoms. The molecule has 3 aromatic rings. The lowest BCUT2D eigenvalue weighted by molar-refractivity contribution is 0.234. The van der Waals surface area contributed by atoms with Gasteiger partial charge in [-0.05, 0) is 44.0 Å². The first-order valence-corrected chi connectivity index (χ1v) is 11.0. The maximum absolute atomic E-state index is 12.6. The zero-order valence-electron chi connectivity index (χ0n) is 14.3. The highest BCUT2D eigenvalue weighted by atomic mass is 32.2. The Kier molecular flexibility index (Phi) is 5.32. The Morgan fingerprint density at radius 3 is 2.38 bits per heavy atom. The number of benzene rings is 1. The Balaban J connectivity index is 1.85. The number of aromatic nitrogens is 2. The summed E-state index contributed by atoms with van der Waals surface area (Å²) < 4.78 is 48.1. The summed E-state index contributed by atoms with van der Waals surface area (Å²) in [6.45, 7) is 5.94. The molecule has 1 aromatic carbocycles. The van der Waals surface area contributed by atoms with E-state index in [-0.39, 0.29) is 4.90 Å². The summed E-state index contributed by atoms with van der Waals surface area (Å²) >= 11 is 3.16. The number of hydrogen-bond donors (Lipinski definition) is 0. The van der Waals surface area contributed by atoms with Crippen molar-refractivity contribution in [3.8, 4) is 0 Å². The molecule has 2 aromatic heterocycles. The molecule has 138 valence electrons. The Morgan fingerprint density at radius 2 is 1.77 bits per heavy atom. The fourth-order valence-corrected chi connectivity index (χ4v) is 5.40. The van der Waals surface area contributed by atoms with E-state index >= 15 is 0 Å². The number of hydrogen-bond acceptors (Lipinski definition) is 6. The van der Waals surface area contributed by atoms with Crippen molar-refractivity contribution in [1.29, 1.82) is 0 Å². The average Bonchev–Trinajstić information content (AvgIpc) is 2.87. The summed E-state index contributed by atoms with van der Waals surface area (Å²) in [4.78, 5) is 10.8. The maximum Gasteiger partial charge on any atom is 0.341 e. The highest BCUT2D eigenvalue weighted by molar-refractivity contribution is 7.98. The van der Waals surface area contributed by atoms with E-state index in [0.717, 1.165) is 26.4 Å². The Labute approximate surface area is 158 Å². The molecular formula is C17H16F2N2O2S3. The predicted molar refractivity (Wildman–Crippen MR) is 101 cm³/mol. The first kappa shape index (κ1) is 19.2. The summed E-state index contributed by atoms with van der Waals surface area (Å²) in [6.07, 6.45) is 0. The van der Waals surface area contributed by atoms with Crippen molar-refractivity contribution in [2.24, 2.45) is 0 Å². The van der Waals surface area contributed by atoms with Gasteiger partial charge in [0.2, 0.25) is 9.84 Å². The number of alkyl halides is 2. The van der Waals surface area contributed by atoms with E-state index in [4.69, 9.17) is 0 Å². The molecule has 0 N–H and O–H groups in total. The second-order valence-electron chi connectivity index (χ2n) is 5.78. The van der Waals surface area contributed by atoms with Gasteiger partial charge in [-0.25, -0.2) is 18.4 Å². The topological polar surface area (TPSA) is 59.9 Å². The lowest BCUT2D eigenvalue weighted by Crippen LogP contribution is -2.11. The molecule has 0 radical (unpaired) electrons. The second kappa shape index (κ2) is 7.21. The van der Waals surface area contributed by atoms with Gasteiger partial charge in [-0.2, -0.15) is 8.78 Å². The molecule has 0 saturated heterocycles. The van der Waals surface area contributed by atoms with Crippen LogP contribution in [0.15, 0.2) is 34.2 Å². The number of aryl methyl sites for hydroxylation is 3. The van der Waals surface area contributed by atoms with E-state index < -0.39 is 15.6 Å². The molecule has 0 unspecified atom stereocenters. The van der Waals surface area contributed by atoms with Crippen LogP contribution in [-0.2, 0) is 15.6 Å². The molecule has 0 spiro atoms. The highest BCUT2D eigenvalue weighted by Crippen LogP contribution is 2.36. The fourth-order valence-electron chi connectivity index (χ4n) is 2.45. The van der Waals surface area contributed by atoms with E-state index in [9.17, 15) is 17.2 Å². The number of nitrogens with zero attached hydrogens (tertiary/aromatic N) is 2. The van der Waals surface area contributed by atoms with E-state index in [1.54, 1.807) is 23.5 Å². The van der Waals surface area contributed by atoms with Crippen molar-refractivity contribution in [2.75, 3.05) is 0 Å². The van der Waals surface area contributed by atoms with Crippen LogP contribution in [0.25, 0.3) is 10.2 Å². The molecule has 3 rings (SSSR count). The van der Waals surface area contributed by atoms with Gasteiger partial charge in [0, 0.05) is 16.0 Å². The van der Waals surface area contributed by atoms with Crippen molar-refractivity contribution in [3.05, 3.63) is 46.1 Å². The Hall–Kier alpha value is -1.58. The number of sulfone groups is 1. The lowest BCUT2D eigenvalue weighted by atomic mass is 10.2. The van der Waals surface area contributed by atoms with Gasteiger partial charge in [0.25, 0.3) is 0 Å². The van der Waals surface area contributed by atoms with E-state index in [1.165, 1.54) is 28.8 Å². The van der Waals surface area contributed by atoms with Gasteiger partial charge in [0.1, 0.15) is 15.7 Å². The average molecular weight is 415 g/mol. The smallest absolute Gasteiger partial charge is 0.226 e. The van der Waals surface area contributed by atoms with Crippen molar-refractivity contribution in [3.63, 3.8) is 0 Å². The standard InChI is InChI=1S/C17H16F2N2O2S3/c1-9-10(2)25-16-14(9)15(20-11(3)21-16)24-8-12-4-6-13(7-5-12)26(22,23)17(18)19/h4-7,17H,8H2,1-3H3. The molecule has 9 heteroatoms. The number of halogens is 2. The van der Waals surface area contributed by atoms with Crippen LogP contribution in [0, 0.1) is 20.8 Å². The number of thioether (sulfide) groups is 1. The summed E-state index contributed by atoms with van der Waals surface area (Å²) in [5, 5.41) is 1.92. The zero-order chi connectivity index (χ0) is 19.1. The molecule has 0 fully saturated rings. The quantitative estimate of drug-likeness (QED) is 0.439. The molecule has 0 saturated carbocycles. The van der Waals surface area contributed by atoms with Crippen LogP contribution in [0.5, 0.6) is 0 Å². The molecular weight excluding hydrogens is 398 g/mol. The number of thiophene rings is 1. The maximum atomic E-state index is 12.6. The van der Waals surface area contributed by atoms with Gasteiger partial charge in [-0.3, -0.25) is 0 Å². The largest absolute Gasteiger partial charge is 0.341 e. The monoisotopic (exact) mass is 414 g/mol. The Bertz CT molecular complexity index is 1060. The minimum Gasteiger partial charge on any atom is -0.226 e. The van der Waals surface area contributed by atoms with Gasteiger partial charge < -0.3 is 0 Å². The third-order valence-electron chi connectivity index (χ3n) is 3.97.